The second-order valence-electron chi connectivity index (χ2n) is 6.15. The van der Waals surface area contributed by atoms with Crippen molar-refractivity contribution in [3.05, 3.63) is 45.6 Å². The summed E-state index contributed by atoms with van der Waals surface area (Å²) in [5.74, 6) is -0.146. The molecule has 0 aliphatic carbocycles. The van der Waals surface area contributed by atoms with E-state index in [9.17, 15) is 23.2 Å². The molecule has 1 atom stereocenters. The highest BCUT2D eigenvalue weighted by atomic mass is 35.5. The number of benzene rings is 1. The lowest BCUT2D eigenvalue weighted by atomic mass is 10.1. The molecule has 1 unspecified atom stereocenters. The molecular weight excluding hydrogens is 427 g/mol. The lowest BCUT2D eigenvalue weighted by Gasteiger charge is -2.17. The lowest BCUT2D eigenvalue weighted by molar-refractivity contribution is -0.138. The first kappa shape index (κ1) is 22.8. The number of nitrogens with zero attached hydrogens (tertiary/aromatic N) is 2. The van der Waals surface area contributed by atoms with Crippen LogP contribution in [-0.2, 0) is 11.0 Å². The molecule has 0 saturated heterocycles. The number of aryl methyl sites for hydroxylation is 2. The summed E-state index contributed by atoms with van der Waals surface area (Å²) < 4.78 is 44.9. The number of hydrogen-bond acceptors (Lipinski definition) is 5. The van der Waals surface area contributed by atoms with Gasteiger partial charge >= 0.3 is 6.18 Å². The van der Waals surface area contributed by atoms with Gasteiger partial charge in [-0.15, -0.1) is 0 Å². The van der Waals surface area contributed by atoms with E-state index in [1.54, 1.807) is 25.1 Å². The van der Waals surface area contributed by atoms with E-state index < -0.39 is 28.5 Å². The van der Waals surface area contributed by atoms with Crippen LogP contribution in [0.4, 0.5) is 18.9 Å². The van der Waals surface area contributed by atoms with Gasteiger partial charge in [-0.3, -0.25) is 4.79 Å². The van der Waals surface area contributed by atoms with Crippen molar-refractivity contribution in [2.24, 2.45) is 0 Å². The summed E-state index contributed by atoms with van der Waals surface area (Å²) in [4.78, 5) is 16.6. The summed E-state index contributed by atoms with van der Waals surface area (Å²) in [5.41, 5.74) is -0.489. The van der Waals surface area contributed by atoms with Gasteiger partial charge in [-0.25, -0.2) is 4.98 Å². The summed E-state index contributed by atoms with van der Waals surface area (Å²) >= 11 is 6.82. The second kappa shape index (κ2) is 8.93. The van der Waals surface area contributed by atoms with Crippen molar-refractivity contribution in [2.45, 2.75) is 37.2 Å². The Labute approximate surface area is 175 Å². The molecule has 2 aromatic rings. The van der Waals surface area contributed by atoms with Crippen LogP contribution in [0.5, 0.6) is 5.75 Å². The number of aromatic nitrogens is 1. The fourth-order valence-corrected chi connectivity index (χ4v) is 3.57. The zero-order valence-corrected chi connectivity index (χ0v) is 17.5. The summed E-state index contributed by atoms with van der Waals surface area (Å²) in [6.07, 6.45) is -4.70. The van der Waals surface area contributed by atoms with E-state index in [1.165, 1.54) is 21.0 Å². The van der Waals surface area contributed by atoms with E-state index in [0.29, 0.717) is 22.0 Å². The minimum absolute atomic E-state index is 0.0985. The number of carbonyl (C=O) groups excluding carboxylic acids is 1. The lowest BCUT2D eigenvalue weighted by Crippen LogP contribution is -2.23. The van der Waals surface area contributed by atoms with Crippen molar-refractivity contribution in [3.63, 3.8) is 0 Å². The Morgan fingerprint density at radius 1 is 1.34 bits per heavy atom. The number of ether oxygens (including phenoxy) is 1. The molecule has 1 amide bonds. The smallest absolute Gasteiger partial charge is 0.417 e. The summed E-state index contributed by atoms with van der Waals surface area (Å²) in [5, 5.41) is 11.4. The highest BCUT2D eigenvalue weighted by Crippen LogP contribution is 2.37. The van der Waals surface area contributed by atoms with Gasteiger partial charge in [0, 0.05) is 16.8 Å². The highest BCUT2D eigenvalue weighted by Gasteiger charge is 2.36. The van der Waals surface area contributed by atoms with E-state index in [1.807, 2.05) is 0 Å². The van der Waals surface area contributed by atoms with Gasteiger partial charge in [0.1, 0.15) is 16.8 Å². The Bertz CT molecular complexity index is 990. The molecule has 0 fully saturated rings. The van der Waals surface area contributed by atoms with Crippen LogP contribution in [0, 0.1) is 25.2 Å². The SMILES string of the molecule is COc1cc(Cl)c(C)cc1NC(=O)C(C)Sc1nc(C)cc(C(F)(F)F)c1C#N. The van der Waals surface area contributed by atoms with Gasteiger partial charge < -0.3 is 10.1 Å². The molecule has 0 radical (unpaired) electrons. The molecule has 0 aliphatic heterocycles. The molecule has 0 bridgehead atoms. The number of nitriles is 1. The first-order valence-electron chi connectivity index (χ1n) is 8.28. The van der Waals surface area contributed by atoms with Gasteiger partial charge in [0.15, 0.2) is 0 Å². The summed E-state index contributed by atoms with van der Waals surface area (Å²) in [6.45, 7) is 4.66. The number of methoxy groups -OCH3 is 1. The number of pyridine rings is 1. The van der Waals surface area contributed by atoms with E-state index in [4.69, 9.17) is 16.3 Å². The Balaban J connectivity index is 2.31. The van der Waals surface area contributed by atoms with Crippen LogP contribution in [0.1, 0.15) is 29.3 Å². The van der Waals surface area contributed by atoms with Gasteiger partial charge in [0.25, 0.3) is 0 Å². The summed E-state index contributed by atoms with van der Waals surface area (Å²) in [6, 6.07) is 5.55. The van der Waals surface area contributed by atoms with E-state index >= 15 is 0 Å². The van der Waals surface area contributed by atoms with Gasteiger partial charge in [-0.2, -0.15) is 18.4 Å². The maximum absolute atomic E-state index is 13.2. The predicted molar refractivity (Wildman–Crippen MR) is 105 cm³/mol. The number of halogens is 4. The number of rotatable bonds is 5. The summed E-state index contributed by atoms with van der Waals surface area (Å²) in [7, 11) is 1.42. The first-order chi connectivity index (χ1) is 13.5. The molecule has 0 saturated carbocycles. The Morgan fingerprint density at radius 2 is 2.00 bits per heavy atom. The van der Waals surface area contributed by atoms with Crippen molar-refractivity contribution in [3.8, 4) is 11.8 Å². The van der Waals surface area contributed by atoms with Crippen molar-refractivity contribution in [2.75, 3.05) is 12.4 Å². The maximum Gasteiger partial charge on any atom is 0.417 e. The predicted octanol–water partition coefficient (Wildman–Crippen LogP) is 5.37. The van der Waals surface area contributed by atoms with Crippen LogP contribution in [0.3, 0.4) is 0 Å². The molecule has 1 heterocycles. The van der Waals surface area contributed by atoms with Crippen LogP contribution in [0.2, 0.25) is 5.02 Å². The molecule has 1 N–H and O–H groups in total. The minimum atomic E-state index is -4.70. The van der Waals surface area contributed by atoms with Crippen LogP contribution < -0.4 is 10.1 Å². The third kappa shape index (κ3) is 5.34. The second-order valence-corrected chi connectivity index (χ2v) is 7.89. The number of hydrogen-bond donors (Lipinski definition) is 1. The average Bonchev–Trinajstić information content (AvgIpc) is 2.63. The molecule has 29 heavy (non-hydrogen) atoms. The molecule has 1 aromatic heterocycles. The number of thioether (sulfide) groups is 1. The third-order valence-electron chi connectivity index (χ3n) is 3.93. The monoisotopic (exact) mass is 443 g/mol. The van der Waals surface area contributed by atoms with Crippen LogP contribution in [0.15, 0.2) is 23.2 Å². The van der Waals surface area contributed by atoms with Crippen LogP contribution in [-0.4, -0.2) is 23.3 Å². The normalized spacial score (nSPS) is 12.2. The molecule has 0 spiro atoms. The fourth-order valence-electron chi connectivity index (χ4n) is 2.45. The molecular formula is C19H17ClF3N3O2S. The molecule has 0 aliphatic rings. The van der Waals surface area contributed by atoms with Crippen LogP contribution in [0.25, 0.3) is 0 Å². The van der Waals surface area contributed by atoms with E-state index in [2.05, 4.69) is 10.3 Å². The van der Waals surface area contributed by atoms with Gasteiger partial charge in [-0.05, 0) is 38.5 Å². The quantitative estimate of drug-likeness (QED) is 0.629. The van der Waals surface area contributed by atoms with Gasteiger partial charge in [-0.1, -0.05) is 23.4 Å². The Morgan fingerprint density at radius 3 is 2.55 bits per heavy atom. The Hall–Kier alpha value is -2.44. The number of alkyl halides is 3. The third-order valence-corrected chi connectivity index (χ3v) is 5.42. The zero-order chi connectivity index (χ0) is 21.9. The van der Waals surface area contributed by atoms with Gasteiger partial charge in [0.05, 0.1) is 29.2 Å². The van der Waals surface area contributed by atoms with Crippen molar-refractivity contribution >= 4 is 35.0 Å². The van der Waals surface area contributed by atoms with Crippen LogP contribution >= 0.6 is 23.4 Å². The molecule has 154 valence electrons. The van der Waals surface area contributed by atoms with Gasteiger partial charge in [0.2, 0.25) is 5.91 Å². The topological polar surface area (TPSA) is 75.0 Å². The standard InChI is InChI=1S/C19H17ClF3N3O2S/c1-9-5-15(16(28-4)7-14(9)20)26-17(27)11(3)29-18-12(8-24)13(19(21,22)23)6-10(2)25-18/h5-7,11H,1-4H3,(H,26,27). The number of amides is 1. The fraction of sp³-hybridized carbons (Fsp3) is 0.316. The number of anilines is 1. The minimum Gasteiger partial charge on any atom is -0.495 e. The zero-order valence-electron chi connectivity index (χ0n) is 15.9. The first-order valence-corrected chi connectivity index (χ1v) is 9.54. The van der Waals surface area contributed by atoms with Crippen molar-refractivity contribution in [1.29, 1.82) is 5.26 Å². The molecule has 10 heteroatoms. The molecule has 2 rings (SSSR count). The maximum atomic E-state index is 13.2. The van der Waals surface area contributed by atoms with Crippen molar-refractivity contribution < 1.29 is 22.7 Å². The average molecular weight is 444 g/mol. The molecule has 1 aromatic carbocycles. The highest BCUT2D eigenvalue weighted by molar-refractivity contribution is 8.00. The molecule has 5 nitrogen and oxygen atoms in total. The van der Waals surface area contributed by atoms with E-state index in [0.717, 1.165) is 17.8 Å². The largest absolute Gasteiger partial charge is 0.495 e. The van der Waals surface area contributed by atoms with E-state index in [-0.39, 0.29) is 10.7 Å². The number of nitrogens with one attached hydrogen (secondary N) is 1. The Kier molecular flexibility index (Phi) is 7.03. The van der Waals surface area contributed by atoms with Crippen molar-refractivity contribution in [1.82, 2.24) is 4.98 Å². The number of carbonyl (C=O) groups is 1.